The van der Waals surface area contributed by atoms with Crippen molar-refractivity contribution in [2.24, 2.45) is 10.2 Å². The fraction of sp³-hybridized carbons (Fsp3) is 0. The number of nitrogens with zero attached hydrogens (tertiary/aromatic N) is 2. The van der Waals surface area contributed by atoms with Crippen molar-refractivity contribution in [1.82, 2.24) is 0 Å². The molecular formula is C16H13N3O7S2. The zero-order chi connectivity index (χ0) is 20.7. The van der Waals surface area contributed by atoms with E-state index in [4.69, 9.17) is 10.3 Å². The van der Waals surface area contributed by atoms with Crippen molar-refractivity contribution in [1.29, 1.82) is 0 Å². The summed E-state index contributed by atoms with van der Waals surface area (Å²) in [6.45, 7) is 0. The second-order valence-corrected chi connectivity index (χ2v) is 8.47. The average Bonchev–Trinajstić information content (AvgIpc) is 2.59. The van der Waals surface area contributed by atoms with Crippen LogP contribution in [-0.2, 0) is 20.2 Å². The Kier molecular flexibility index (Phi) is 4.81. The third kappa shape index (κ3) is 3.80. The van der Waals surface area contributed by atoms with Gasteiger partial charge in [0.05, 0.1) is 16.3 Å². The van der Waals surface area contributed by atoms with Gasteiger partial charge >= 0.3 is 0 Å². The summed E-state index contributed by atoms with van der Waals surface area (Å²) in [6, 6.07) is 10.8. The maximum Gasteiger partial charge on any atom is 0.296 e. The number of azo groups is 1. The summed E-state index contributed by atoms with van der Waals surface area (Å²) in [5, 5.41) is 17.5. The van der Waals surface area contributed by atoms with Crippen LogP contribution in [0.1, 0.15) is 0 Å². The number of phenolic OH excluding ortho intramolecular Hbond substituents is 1. The minimum Gasteiger partial charge on any atom is -0.507 e. The molecule has 0 bridgehead atoms. The number of nitrogens with two attached hydrogens (primary N) is 1. The monoisotopic (exact) mass is 423 g/mol. The lowest BCUT2D eigenvalue weighted by Gasteiger charge is -2.12. The smallest absolute Gasteiger partial charge is 0.296 e. The molecule has 0 amide bonds. The lowest BCUT2D eigenvalue weighted by molar-refractivity contribution is 0.471. The molecule has 0 saturated carbocycles. The number of rotatable bonds is 4. The Morgan fingerprint density at radius 3 is 2.07 bits per heavy atom. The Hall–Kier alpha value is -3.06. The van der Waals surface area contributed by atoms with Crippen molar-refractivity contribution in [3.63, 3.8) is 0 Å². The number of benzene rings is 3. The molecule has 0 aromatic heterocycles. The van der Waals surface area contributed by atoms with Gasteiger partial charge in [-0.2, -0.15) is 21.9 Å². The second kappa shape index (κ2) is 6.83. The Bertz CT molecular complexity index is 1320. The molecule has 0 aliphatic rings. The van der Waals surface area contributed by atoms with Gasteiger partial charge in [-0.15, -0.1) is 5.11 Å². The van der Waals surface area contributed by atoms with Gasteiger partial charge in [0.25, 0.3) is 20.2 Å². The quantitative estimate of drug-likeness (QED) is 0.281. The number of hydrogen-bond donors (Lipinski definition) is 4. The first-order chi connectivity index (χ1) is 13.0. The Morgan fingerprint density at radius 2 is 1.50 bits per heavy atom. The molecule has 146 valence electrons. The summed E-state index contributed by atoms with van der Waals surface area (Å²) in [6.07, 6.45) is 0. The standard InChI is InChI=1S/C16H13N3O7S2/c17-15-14-9(6-11(8-12(14)20)27(21,22)23)7-13(28(24,25)26)16(15)19-18-10-4-2-1-3-5-10/h1-8,20H,17H2,(H,21,22,23)(H,24,25,26)/b19-18+. The van der Waals surface area contributed by atoms with Gasteiger partial charge < -0.3 is 10.8 Å². The van der Waals surface area contributed by atoms with E-state index in [-0.39, 0.29) is 16.5 Å². The molecule has 0 saturated heterocycles. The van der Waals surface area contributed by atoms with E-state index in [1.54, 1.807) is 30.3 Å². The highest BCUT2D eigenvalue weighted by molar-refractivity contribution is 7.86. The SMILES string of the molecule is Nc1c(/N=N/c2ccccc2)c(S(=O)(=O)O)cc2cc(S(=O)(=O)O)cc(O)c12. The summed E-state index contributed by atoms with van der Waals surface area (Å²) in [5.74, 6) is -0.638. The predicted octanol–water partition coefficient (Wildman–Crippen LogP) is 3.04. The molecule has 0 radical (unpaired) electrons. The van der Waals surface area contributed by atoms with Crippen molar-refractivity contribution >= 4 is 48.1 Å². The van der Waals surface area contributed by atoms with E-state index in [0.29, 0.717) is 5.69 Å². The summed E-state index contributed by atoms with van der Waals surface area (Å²) in [4.78, 5) is -1.43. The van der Waals surface area contributed by atoms with Gasteiger partial charge in [-0.3, -0.25) is 9.11 Å². The van der Waals surface area contributed by atoms with Gasteiger partial charge in [-0.05, 0) is 29.7 Å². The molecule has 0 unspecified atom stereocenters. The minimum absolute atomic E-state index is 0.123. The van der Waals surface area contributed by atoms with Crippen LogP contribution >= 0.6 is 0 Å². The van der Waals surface area contributed by atoms with Gasteiger partial charge in [0.15, 0.2) is 0 Å². The summed E-state index contributed by atoms with van der Waals surface area (Å²) in [7, 11) is -9.53. The second-order valence-electron chi connectivity index (χ2n) is 5.66. The molecule has 0 spiro atoms. The van der Waals surface area contributed by atoms with Crippen LogP contribution in [0.2, 0.25) is 0 Å². The number of aromatic hydroxyl groups is 1. The van der Waals surface area contributed by atoms with E-state index in [0.717, 1.165) is 18.2 Å². The normalized spacial score (nSPS) is 12.6. The van der Waals surface area contributed by atoms with Crippen molar-refractivity contribution in [2.75, 3.05) is 5.73 Å². The lowest BCUT2D eigenvalue weighted by Crippen LogP contribution is -2.03. The van der Waals surface area contributed by atoms with Crippen molar-refractivity contribution in [2.45, 2.75) is 9.79 Å². The molecule has 0 atom stereocenters. The number of phenols is 1. The molecule has 12 heteroatoms. The zero-order valence-corrected chi connectivity index (χ0v) is 15.5. The Balaban J connectivity index is 2.36. The fourth-order valence-electron chi connectivity index (χ4n) is 2.54. The molecule has 28 heavy (non-hydrogen) atoms. The molecule has 3 rings (SSSR count). The first-order valence-electron chi connectivity index (χ1n) is 7.49. The van der Waals surface area contributed by atoms with Crippen LogP contribution in [0.3, 0.4) is 0 Å². The molecule has 5 N–H and O–H groups in total. The van der Waals surface area contributed by atoms with E-state index in [1.165, 1.54) is 0 Å². The number of anilines is 1. The number of fused-ring (bicyclic) bond motifs is 1. The Morgan fingerprint density at radius 1 is 0.857 bits per heavy atom. The maximum absolute atomic E-state index is 11.8. The topological polar surface area (TPSA) is 180 Å². The van der Waals surface area contributed by atoms with Gasteiger partial charge in [-0.1, -0.05) is 18.2 Å². The zero-order valence-electron chi connectivity index (χ0n) is 13.9. The third-order valence-electron chi connectivity index (χ3n) is 3.76. The van der Waals surface area contributed by atoms with Gasteiger partial charge in [0.1, 0.15) is 16.3 Å². The molecule has 10 nitrogen and oxygen atoms in total. The highest BCUT2D eigenvalue weighted by atomic mass is 32.2. The van der Waals surface area contributed by atoms with Gasteiger partial charge in [0.2, 0.25) is 0 Å². The molecule has 0 aliphatic carbocycles. The Labute approximate surface area is 159 Å². The van der Waals surface area contributed by atoms with Crippen LogP contribution in [0, 0.1) is 0 Å². The first-order valence-corrected chi connectivity index (χ1v) is 10.4. The summed E-state index contributed by atoms with van der Waals surface area (Å²) in [5.41, 5.74) is 5.52. The lowest BCUT2D eigenvalue weighted by atomic mass is 10.1. The highest BCUT2D eigenvalue weighted by Gasteiger charge is 2.24. The van der Waals surface area contributed by atoms with Crippen LogP contribution in [0.5, 0.6) is 5.75 Å². The van der Waals surface area contributed by atoms with E-state index < -0.39 is 41.5 Å². The van der Waals surface area contributed by atoms with Gasteiger partial charge in [-0.25, -0.2) is 0 Å². The molecule has 0 fully saturated rings. The first kappa shape index (κ1) is 19.7. The van der Waals surface area contributed by atoms with E-state index >= 15 is 0 Å². The highest BCUT2D eigenvalue weighted by Crippen LogP contribution is 2.42. The minimum atomic E-state index is -4.84. The van der Waals surface area contributed by atoms with Crippen LogP contribution < -0.4 is 5.73 Å². The average molecular weight is 423 g/mol. The van der Waals surface area contributed by atoms with Crippen molar-refractivity contribution < 1.29 is 31.0 Å². The maximum atomic E-state index is 11.8. The molecule has 0 aliphatic heterocycles. The van der Waals surface area contributed by atoms with Crippen LogP contribution in [-0.4, -0.2) is 31.0 Å². The molecule has 3 aromatic carbocycles. The fourth-order valence-corrected chi connectivity index (χ4v) is 3.75. The van der Waals surface area contributed by atoms with E-state index in [2.05, 4.69) is 10.2 Å². The summed E-state index contributed by atoms with van der Waals surface area (Å²) >= 11 is 0. The van der Waals surface area contributed by atoms with Crippen molar-refractivity contribution in [3.8, 4) is 5.75 Å². The van der Waals surface area contributed by atoms with E-state index in [1.807, 2.05) is 0 Å². The molecule has 0 heterocycles. The third-order valence-corrected chi connectivity index (χ3v) is 5.46. The van der Waals surface area contributed by atoms with E-state index in [9.17, 15) is 26.5 Å². The number of hydrogen-bond acceptors (Lipinski definition) is 8. The van der Waals surface area contributed by atoms with Crippen molar-refractivity contribution in [3.05, 3.63) is 48.5 Å². The number of nitrogen functional groups attached to an aromatic ring is 1. The molecular weight excluding hydrogens is 410 g/mol. The summed E-state index contributed by atoms with van der Waals surface area (Å²) < 4.78 is 65.0. The predicted molar refractivity (Wildman–Crippen MR) is 100 cm³/mol. The van der Waals surface area contributed by atoms with Crippen LogP contribution in [0.4, 0.5) is 17.1 Å². The van der Waals surface area contributed by atoms with Crippen LogP contribution in [0.25, 0.3) is 10.8 Å². The van der Waals surface area contributed by atoms with Crippen LogP contribution in [0.15, 0.2) is 68.6 Å². The largest absolute Gasteiger partial charge is 0.507 e. The van der Waals surface area contributed by atoms with Gasteiger partial charge in [0, 0.05) is 11.5 Å². The molecule has 3 aromatic rings.